The van der Waals surface area contributed by atoms with Crippen LogP contribution in [0.5, 0.6) is 0 Å². The molecule has 2 heterocycles. The summed E-state index contributed by atoms with van der Waals surface area (Å²) in [5, 5.41) is 12.7. The Balaban J connectivity index is 2.09. The summed E-state index contributed by atoms with van der Waals surface area (Å²) < 4.78 is 0. The van der Waals surface area contributed by atoms with E-state index in [-0.39, 0.29) is 11.3 Å². The first-order chi connectivity index (χ1) is 12.0. The van der Waals surface area contributed by atoms with E-state index >= 15 is 0 Å². The van der Waals surface area contributed by atoms with E-state index in [1.54, 1.807) is 29.2 Å². The minimum atomic E-state index is -0.626. The second-order valence-electron chi connectivity index (χ2n) is 6.18. The topological polar surface area (TPSA) is 60.9 Å². The summed E-state index contributed by atoms with van der Waals surface area (Å²) in [4.78, 5) is 29.6. The number of aliphatic hydroxyl groups is 1. The van der Waals surface area contributed by atoms with Gasteiger partial charge in [-0.1, -0.05) is 36.4 Å². The molecule has 1 unspecified atom stereocenters. The van der Waals surface area contributed by atoms with Crippen molar-refractivity contribution in [3.63, 3.8) is 0 Å². The van der Waals surface area contributed by atoms with Crippen LogP contribution in [0.25, 0.3) is 5.76 Å². The minimum absolute atomic E-state index is 0.121. The number of aliphatic hydroxyl groups excluding tert-OH is 1. The number of Topliss-reactive ketones (excluding diaryl/α,β-unsaturated/α-hetero) is 1. The van der Waals surface area contributed by atoms with Gasteiger partial charge in [-0.2, -0.15) is 0 Å². The highest BCUT2D eigenvalue weighted by Gasteiger charge is 2.46. The van der Waals surface area contributed by atoms with Gasteiger partial charge in [0.1, 0.15) is 5.76 Å². The van der Waals surface area contributed by atoms with Crippen LogP contribution in [0.2, 0.25) is 0 Å². The summed E-state index contributed by atoms with van der Waals surface area (Å²) in [6, 6.07) is 12.1. The van der Waals surface area contributed by atoms with E-state index in [9.17, 15) is 14.7 Å². The van der Waals surface area contributed by atoms with Gasteiger partial charge in [-0.05, 0) is 25.5 Å². The van der Waals surface area contributed by atoms with Gasteiger partial charge < -0.3 is 14.9 Å². The zero-order valence-corrected chi connectivity index (χ0v) is 15.0. The highest BCUT2D eigenvalue weighted by atomic mass is 32.1. The number of nitrogens with zero attached hydrogens (tertiary/aromatic N) is 2. The maximum Gasteiger partial charge on any atom is 0.295 e. The van der Waals surface area contributed by atoms with Crippen LogP contribution >= 0.6 is 11.3 Å². The highest BCUT2D eigenvalue weighted by molar-refractivity contribution is 7.10. The van der Waals surface area contributed by atoms with Gasteiger partial charge in [0.2, 0.25) is 0 Å². The summed E-state index contributed by atoms with van der Waals surface area (Å²) in [5.41, 5.74) is 0.701. The lowest BCUT2D eigenvalue weighted by Gasteiger charge is -2.25. The van der Waals surface area contributed by atoms with E-state index in [0.29, 0.717) is 18.7 Å². The van der Waals surface area contributed by atoms with Gasteiger partial charge >= 0.3 is 0 Å². The van der Waals surface area contributed by atoms with Gasteiger partial charge in [-0.3, -0.25) is 9.59 Å². The van der Waals surface area contributed by atoms with Crippen LogP contribution in [0.1, 0.15) is 16.5 Å². The molecule has 1 amide bonds. The molecular weight excluding hydrogens is 336 g/mol. The van der Waals surface area contributed by atoms with E-state index < -0.39 is 17.7 Å². The monoisotopic (exact) mass is 356 g/mol. The largest absolute Gasteiger partial charge is 0.507 e. The number of amides is 1. The van der Waals surface area contributed by atoms with Crippen LogP contribution < -0.4 is 0 Å². The number of rotatable bonds is 5. The van der Waals surface area contributed by atoms with E-state index in [1.165, 1.54) is 11.3 Å². The summed E-state index contributed by atoms with van der Waals surface area (Å²) in [7, 11) is 3.83. The van der Waals surface area contributed by atoms with Gasteiger partial charge in [0.25, 0.3) is 11.7 Å². The van der Waals surface area contributed by atoms with Crippen molar-refractivity contribution >= 4 is 28.8 Å². The number of thiophene rings is 1. The van der Waals surface area contributed by atoms with Crippen molar-refractivity contribution < 1.29 is 14.7 Å². The first-order valence-corrected chi connectivity index (χ1v) is 8.90. The molecule has 130 valence electrons. The second kappa shape index (κ2) is 7.21. The SMILES string of the molecule is CN(C)CCN1C(=O)C(=O)/C(=C(/O)c2ccccc2)C1c1cccs1. The molecule has 1 aromatic heterocycles. The average Bonchev–Trinajstić information content (AvgIpc) is 3.21. The molecule has 5 nitrogen and oxygen atoms in total. The molecule has 1 aliphatic rings. The molecule has 1 atom stereocenters. The van der Waals surface area contributed by atoms with Crippen molar-refractivity contribution in [1.82, 2.24) is 9.80 Å². The van der Waals surface area contributed by atoms with Crippen molar-refractivity contribution in [1.29, 1.82) is 0 Å². The van der Waals surface area contributed by atoms with Crippen molar-refractivity contribution in [3.8, 4) is 0 Å². The maximum absolute atomic E-state index is 12.7. The fourth-order valence-corrected chi connectivity index (χ4v) is 3.76. The van der Waals surface area contributed by atoms with Crippen molar-refractivity contribution in [2.45, 2.75) is 6.04 Å². The Hall–Kier alpha value is -2.44. The molecule has 3 rings (SSSR count). The van der Waals surface area contributed by atoms with Gasteiger partial charge in [-0.15, -0.1) is 11.3 Å². The number of hydrogen-bond donors (Lipinski definition) is 1. The number of likely N-dealkylation sites (tertiary alicyclic amines) is 1. The normalized spacial score (nSPS) is 19.8. The molecule has 1 fully saturated rings. The Kier molecular flexibility index (Phi) is 5.01. The highest BCUT2D eigenvalue weighted by Crippen LogP contribution is 2.40. The Morgan fingerprint density at radius 2 is 1.88 bits per heavy atom. The summed E-state index contributed by atoms with van der Waals surface area (Å²) in [5.74, 6) is -1.30. The zero-order chi connectivity index (χ0) is 18.0. The summed E-state index contributed by atoms with van der Waals surface area (Å²) in [6.07, 6.45) is 0. The average molecular weight is 356 g/mol. The third-order valence-corrected chi connectivity index (χ3v) is 5.11. The Morgan fingerprint density at radius 3 is 2.48 bits per heavy atom. The summed E-state index contributed by atoms with van der Waals surface area (Å²) >= 11 is 1.47. The van der Waals surface area contributed by atoms with Crippen LogP contribution in [0.3, 0.4) is 0 Å². The van der Waals surface area contributed by atoms with Gasteiger partial charge in [0.15, 0.2) is 0 Å². The molecule has 1 aromatic carbocycles. The Bertz CT molecular complexity index is 797. The lowest BCUT2D eigenvalue weighted by Crippen LogP contribution is -2.35. The molecule has 0 saturated carbocycles. The van der Waals surface area contributed by atoms with Gasteiger partial charge in [0.05, 0.1) is 11.6 Å². The first kappa shape index (κ1) is 17.4. The first-order valence-electron chi connectivity index (χ1n) is 8.02. The van der Waals surface area contributed by atoms with Crippen LogP contribution in [0.4, 0.5) is 0 Å². The molecule has 1 saturated heterocycles. The predicted octanol–water partition coefficient (Wildman–Crippen LogP) is 2.73. The lowest BCUT2D eigenvalue weighted by molar-refractivity contribution is -0.140. The number of ketones is 1. The molecule has 1 N–H and O–H groups in total. The number of hydrogen-bond acceptors (Lipinski definition) is 5. The third kappa shape index (κ3) is 3.36. The van der Waals surface area contributed by atoms with Crippen molar-refractivity contribution in [2.75, 3.05) is 27.2 Å². The van der Waals surface area contributed by atoms with E-state index in [1.807, 2.05) is 42.6 Å². The van der Waals surface area contributed by atoms with Crippen LogP contribution in [0, 0.1) is 0 Å². The van der Waals surface area contributed by atoms with Gasteiger partial charge in [-0.25, -0.2) is 0 Å². The molecule has 6 heteroatoms. The molecule has 25 heavy (non-hydrogen) atoms. The predicted molar refractivity (Wildman–Crippen MR) is 98.3 cm³/mol. The number of likely N-dealkylation sites (N-methyl/N-ethyl adjacent to an activating group) is 1. The van der Waals surface area contributed by atoms with Gasteiger partial charge in [0, 0.05) is 23.5 Å². The van der Waals surface area contributed by atoms with Crippen LogP contribution in [0.15, 0.2) is 53.4 Å². The van der Waals surface area contributed by atoms with Crippen LogP contribution in [-0.2, 0) is 9.59 Å². The Labute approximate surface area is 150 Å². The van der Waals surface area contributed by atoms with Crippen molar-refractivity contribution in [3.05, 3.63) is 63.9 Å². The molecule has 0 radical (unpaired) electrons. The minimum Gasteiger partial charge on any atom is -0.507 e. The molecule has 2 aromatic rings. The lowest BCUT2D eigenvalue weighted by atomic mass is 10.00. The fraction of sp³-hybridized carbons (Fsp3) is 0.263. The zero-order valence-electron chi connectivity index (χ0n) is 14.2. The quantitative estimate of drug-likeness (QED) is 0.508. The standard InChI is InChI=1S/C19H20N2O3S/c1-20(2)10-11-21-16(14-9-6-12-25-14)15(18(23)19(21)24)17(22)13-7-4-3-5-8-13/h3-9,12,16,22H,10-11H2,1-2H3/b17-15+. The molecule has 0 aliphatic carbocycles. The van der Waals surface area contributed by atoms with E-state index in [4.69, 9.17) is 0 Å². The maximum atomic E-state index is 12.7. The molecule has 0 bridgehead atoms. The number of carbonyl (C=O) groups is 2. The summed E-state index contributed by atoms with van der Waals surface area (Å²) in [6.45, 7) is 1.06. The molecule has 0 spiro atoms. The molecular formula is C19H20N2O3S. The molecule has 1 aliphatic heterocycles. The Morgan fingerprint density at radius 1 is 1.16 bits per heavy atom. The second-order valence-corrected chi connectivity index (χ2v) is 7.16. The number of benzene rings is 1. The van der Waals surface area contributed by atoms with Crippen LogP contribution in [-0.4, -0.2) is 53.8 Å². The van der Waals surface area contributed by atoms with E-state index in [0.717, 1.165) is 4.88 Å². The third-order valence-electron chi connectivity index (χ3n) is 4.19. The smallest absolute Gasteiger partial charge is 0.295 e. The number of carbonyl (C=O) groups excluding carboxylic acids is 2. The van der Waals surface area contributed by atoms with Crippen molar-refractivity contribution in [2.24, 2.45) is 0 Å². The fourth-order valence-electron chi connectivity index (χ4n) is 2.91. The van der Waals surface area contributed by atoms with E-state index in [2.05, 4.69) is 0 Å².